The number of carbonyl (C=O) groups is 1. The minimum atomic E-state index is -0.0103. The fourth-order valence-electron chi connectivity index (χ4n) is 2.86. The largest absolute Gasteiger partial charge is 0.488 e. The van der Waals surface area contributed by atoms with Crippen LogP contribution in [-0.4, -0.2) is 5.78 Å². The summed E-state index contributed by atoms with van der Waals surface area (Å²) in [5, 5.41) is 3.29. The number of nitrogens with two attached hydrogens (primary N) is 1. The summed E-state index contributed by atoms with van der Waals surface area (Å²) in [5.74, 6) is 0.615. The molecule has 1 heterocycles. The number of para-hydroxylation sites is 3. The first-order valence-corrected chi connectivity index (χ1v) is 7.73. The van der Waals surface area contributed by atoms with Gasteiger partial charge in [0.2, 0.25) is 0 Å². The van der Waals surface area contributed by atoms with E-state index in [1.54, 1.807) is 6.07 Å². The maximum atomic E-state index is 12.7. The van der Waals surface area contributed by atoms with Gasteiger partial charge < -0.3 is 15.8 Å². The standard InChI is InChI=1S/C20H16N2O2/c21-17-6-2-3-7-18(17)22-14-9-10-15-13(11-14)12-24-19-8-4-1-5-16(19)20(15)23/h1-11,22H,12,21H2. The molecule has 0 atom stereocenters. The third-order valence-corrected chi connectivity index (χ3v) is 4.10. The van der Waals surface area contributed by atoms with Crippen LogP contribution in [0.5, 0.6) is 5.75 Å². The van der Waals surface area contributed by atoms with E-state index >= 15 is 0 Å². The molecule has 0 spiro atoms. The molecule has 4 heteroatoms. The molecule has 1 aliphatic rings. The van der Waals surface area contributed by atoms with Gasteiger partial charge in [-0.15, -0.1) is 0 Å². The number of rotatable bonds is 2. The Bertz CT molecular complexity index is 934. The Hall–Kier alpha value is -3.27. The topological polar surface area (TPSA) is 64.3 Å². The highest BCUT2D eigenvalue weighted by Crippen LogP contribution is 2.31. The number of nitrogens with one attached hydrogen (secondary N) is 1. The SMILES string of the molecule is Nc1ccccc1Nc1ccc2c(c1)COc1ccccc1C2=O. The molecule has 0 unspecified atom stereocenters. The van der Waals surface area contributed by atoms with Crippen molar-refractivity contribution in [2.45, 2.75) is 6.61 Å². The van der Waals surface area contributed by atoms with Crippen LogP contribution in [0.3, 0.4) is 0 Å². The first kappa shape index (κ1) is 14.3. The van der Waals surface area contributed by atoms with Crippen molar-refractivity contribution in [3.05, 3.63) is 83.4 Å². The molecule has 4 rings (SSSR count). The third-order valence-electron chi connectivity index (χ3n) is 4.10. The van der Waals surface area contributed by atoms with E-state index < -0.39 is 0 Å². The number of nitrogen functional groups attached to an aromatic ring is 1. The average Bonchev–Trinajstić information content (AvgIpc) is 2.75. The van der Waals surface area contributed by atoms with Crippen LogP contribution in [0.4, 0.5) is 17.1 Å². The maximum Gasteiger partial charge on any atom is 0.197 e. The second kappa shape index (κ2) is 5.74. The zero-order chi connectivity index (χ0) is 16.5. The lowest BCUT2D eigenvalue weighted by Gasteiger charge is -2.12. The first-order chi connectivity index (χ1) is 11.7. The van der Waals surface area contributed by atoms with Crippen molar-refractivity contribution >= 4 is 22.8 Å². The molecule has 0 fully saturated rings. The summed E-state index contributed by atoms with van der Waals surface area (Å²) in [6.45, 7) is 0.359. The highest BCUT2D eigenvalue weighted by atomic mass is 16.5. The number of hydrogen-bond donors (Lipinski definition) is 2. The van der Waals surface area contributed by atoms with E-state index in [9.17, 15) is 4.79 Å². The number of ether oxygens (including phenoxy) is 1. The lowest BCUT2D eigenvalue weighted by Crippen LogP contribution is -2.04. The van der Waals surface area contributed by atoms with E-state index in [1.807, 2.05) is 60.7 Å². The van der Waals surface area contributed by atoms with Gasteiger partial charge in [-0.2, -0.15) is 0 Å². The second-order valence-electron chi connectivity index (χ2n) is 5.70. The monoisotopic (exact) mass is 316 g/mol. The molecule has 0 bridgehead atoms. The summed E-state index contributed by atoms with van der Waals surface area (Å²) in [6, 6.07) is 20.6. The molecule has 3 aromatic carbocycles. The van der Waals surface area contributed by atoms with Crippen LogP contribution >= 0.6 is 0 Å². The fourth-order valence-corrected chi connectivity index (χ4v) is 2.86. The molecule has 0 amide bonds. The summed E-state index contributed by atoms with van der Waals surface area (Å²) in [5.41, 5.74) is 10.5. The Balaban J connectivity index is 1.70. The van der Waals surface area contributed by atoms with Crippen molar-refractivity contribution in [1.82, 2.24) is 0 Å². The first-order valence-electron chi connectivity index (χ1n) is 7.73. The quantitative estimate of drug-likeness (QED) is 0.698. The fraction of sp³-hybridized carbons (Fsp3) is 0.0500. The summed E-state index contributed by atoms with van der Waals surface area (Å²) in [6.07, 6.45) is 0. The lowest BCUT2D eigenvalue weighted by atomic mass is 9.98. The molecule has 4 nitrogen and oxygen atoms in total. The van der Waals surface area contributed by atoms with E-state index in [-0.39, 0.29) is 5.78 Å². The van der Waals surface area contributed by atoms with E-state index in [0.717, 1.165) is 16.9 Å². The molecule has 1 aliphatic heterocycles. The van der Waals surface area contributed by atoms with Gasteiger partial charge in [-0.1, -0.05) is 24.3 Å². The number of ketones is 1. The van der Waals surface area contributed by atoms with E-state index in [0.29, 0.717) is 29.2 Å². The van der Waals surface area contributed by atoms with Crippen LogP contribution in [0.25, 0.3) is 0 Å². The molecule has 0 saturated heterocycles. The van der Waals surface area contributed by atoms with Crippen LogP contribution in [0, 0.1) is 0 Å². The highest BCUT2D eigenvalue weighted by molar-refractivity contribution is 6.12. The summed E-state index contributed by atoms with van der Waals surface area (Å²) < 4.78 is 5.80. The smallest absolute Gasteiger partial charge is 0.197 e. The van der Waals surface area contributed by atoms with Crippen molar-refractivity contribution in [2.75, 3.05) is 11.1 Å². The van der Waals surface area contributed by atoms with Gasteiger partial charge in [-0.3, -0.25) is 4.79 Å². The van der Waals surface area contributed by atoms with Crippen LogP contribution in [0.1, 0.15) is 21.5 Å². The molecule has 0 aromatic heterocycles. The zero-order valence-corrected chi connectivity index (χ0v) is 13.0. The number of anilines is 3. The number of fused-ring (bicyclic) bond motifs is 2. The molecular weight excluding hydrogens is 300 g/mol. The van der Waals surface area contributed by atoms with Crippen LogP contribution in [0.15, 0.2) is 66.7 Å². The average molecular weight is 316 g/mol. The third kappa shape index (κ3) is 2.48. The Morgan fingerprint density at radius 1 is 0.917 bits per heavy atom. The van der Waals surface area contributed by atoms with Gasteiger partial charge >= 0.3 is 0 Å². The molecule has 24 heavy (non-hydrogen) atoms. The minimum Gasteiger partial charge on any atom is -0.488 e. The highest BCUT2D eigenvalue weighted by Gasteiger charge is 2.22. The minimum absolute atomic E-state index is 0.0103. The summed E-state index contributed by atoms with van der Waals surface area (Å²) in [7, 11) is 0. The summed E-state index contributed by atoms with van der Waals surface area (Å²) in [4.78, 5) is 12.7. The molecular formula is C20H16N2O2. The van der Waals surface area contributed by atoms with Gasteiger partial charge in [0.15, 0.2) is 5.78 Å². The van der Waals surface area contributed by atoms with Gasteiger partial charge in [-0.05, 0) is 42.5 Å². The van der Waals surface area contributed by atoms with Crippen molar-refractivity contribution in [3.63, 3.8) is 0 Å². The molecule has 3 N–H and O–H groups in total. The van der Waals surface area contributed by atoms with Gasteiger partial charge in [0, 0.05) is 16.8 Å². The normalized spacial score (nSPS) is 12.6. The Kier molecular flexibility index (Phi) is 3.43. The van der Waals surface area contributed by atoms with E-state index in [1.165, 1.54) is 0 Å². The molecule has 118 valence electrons. The molecule has 0 radical (unpaired) electrons. The number of carbonyl (C=O) groups excluding carboxylic acids is 1. The van der Waals surface area contributed by atoms with Gasteiger partial charge in [0.05, 0.1) is 16.9 Å². The van der Waals surface area contributed by atoms with Gasteiger partial charge in [0.25, 0.3) is 0 Å². The van der Waals surface area contributed by atoms with E-state index in [4.69, 9.17) is 10.5 Å². The number of hydrogen-bond acceptors (Lipinski definition) is 4. The van der Waals surface area contributed by atoms with Crippen molar-refractivity contribution < 1.29 is 9.53 Å². The Morgan fingerprint density at radius 2 is 1.71 bits per heavy atom. The van der Waals surface area contributed by atoms with Crippen molar-refractivity contribution in [1.29, 1.82) is 0 Å². The molecule has 3 aromatic rings. The van der Waals surface area contributed by atoms with Crippen LogP contribution in [-0.2, 0) is 6.61 Å². The predicted octanol–water partition coefficient (Wildman–Crippen LogP) is 4.14. The van der Waals surface area contributed by atoms with Crippen molar-refractivity contribution in [2.24, 2.45) is 0 Å². The summed E-state index contributed by atoms with van der Waals surface area (Å²) >= 11 is 0. The Labute approximate surface area is 139 Å². The Morgan fingerprint density at radius 3 is 2.58 bits per heavy atom. The zero-order valence-electron chi connectivity index (χ0n) is 13.0. The van der Waals surface area contributed by atoms with Crippen molar-refractivity contribution in [3.8, 4) is 5.75 Å². The molecule has 0 aliphatic carbocycles. The van der Waals surface area contributed by atoms with Gasteiger partial charge in [0.1, 0.15) is 12.4 Å². The number of benzene rings is 3. The lowest BCUT2D eigenvalue weighted by molar-refractivity contribution is 0.103. The van der Waals surface area contributed by atoms with E-state index in [2.05, 4.69) is 5.32 Å². The van der Waals surface area contributed by atoms with Crippen LogP contribution < -0.4 is 15.8 Å². The van der Waals surface area contributed by atoms with Crippen LogP contribution in [0.2, 0.25) is 0 Å². The second-order valence-corrected chi connectivity index (χ2v) is 5.70. The maximum absolute atomic E-state index is 12.7. The molecule has 0 saturated carbocycles. The predicted molar refractivity (Wildman–Crippen MR) is 94.8 cm³/mol. The van der Waals surface area contributed by atoms with Gasteiger partial charge in [-0.25, -0.2) is 0 Å².